The zero-order valence-corrected chi connectivity index (χ0v) is 28.8. The normalized spacial score (nSPS) is 13.6. The van der Waals surface area contributed by atoms with Gasteiger partial charge in [-0.25, -0.2) is 14.8 Å². The lowest BCUT2D eigenvalue weighted by Gasteiger charge is -2.33. The fourth-order valence-electron chi connectivity index (χ4n) is 5.54. The first-order chi connectivity index (χ1) is 22.8. The molecule has 0 amide bonds. The van der Waals surface area contributed by atoms with Crippen molar-refractivity contribution in [3.63, 3.8) is 0 Å². The van der Waals surface area contributed by atoms with Crippen LogP contribution in [0.2, 0.25) is 0 Å². The molecule has 0 radical (unpaired) electrons. The Labute approximate surface area is 287 Å². The number of hydrogen-bond donors (Lipinski definition) is 1. The van der Waals surface area contributed by atoms with Crippen LogP contribution in [-0.4, -0.2) is 64.0 Å². The first-order valence-corrected chi connectivity index (χ1v) is 18.2. The quantitative estimate of drug-likeness (QED) is 0.0749. The summed E-state index contributed by atoms with van der Waals surface area (Å²) in [6.45, 7) is 2.44. The lowest BCUT2D eigenvalue weighted by molar-refractivity contribution is 0.0202. The fraction of sp³-hybridized carbons (Fsp3) is 0.273. The minimum Gasteiger partial charge on any atom is -0.491 e. The molecule has 4 heterocycles. The third-order valence-corrected chi connectivity index (χ3v) is 9.63. The SMILES string of the molecule is COC(=O)c1ncc(N2CCC(OCCOc3cccc(Oc4ccc(N)cc4-c4cn(C)c(=O)c5c4ccn5SI)c3)CC2)cn1. The molecule has 14 heteroatoms. The lowest BCUT2D eigenvalue weighted by Crippen LogP contribution is -2.37. The Bertz CT molecular complexity index is 1940. The molecule has 1 fully saturated rings. The van der Waals surface area contributed by atoms with Gasteiger partial charge in [0.2, 0.25) is 5.82 Å². The number of ether oxygens (including phenoxy) is 4. The molecular weight excluding hydrogens is 735 g/mol. The van der Waals surface area contributed by atoms with E-state index in [-0.39, 0.29) is 17.5 Å². The van der Waals surface area contributed by atoms with Crippen molar-refractivity contribution >= 4 is 58.6 Å². The number of piperidine rings is 1. The maximum absolute atomic E-state index is 13.0. The maximum Gasteiger partial charge on any atom is 0.376 e. The molecule has 0 spiro atoms. The number of nitrogens with two attached hydrogens (primary N) is 1. The summed E-state index contributed by atoms with van der Waals surface area (Å²) in [5.41, 5.74) is 9.80. The average Bonchev–Trinajstić information content (AvgIpc) is 3.54. The van der Waals surface area contributed by atoms with Gasteiger partial charge < -0.3 is 34.1 Å². The molecule has 1 aliphatic heterocycles. The number of aryl methyl sites for hydroxylation is 1. The summed E-state index contributed by atoms with van der Waals surface area (Å²) in [5.74, 6) is 1.36. The van der Waals surface area contributed by atoms with Crippen LogP contribution in [0, 0.1) is 0 Å². The Morgan fingerprint density at radius 3 is 2.55 bits per heavy atom. The predicted octanol–water partition coefficient (Wildman–Crippen LogP) is 5.87. The van der Waals surface area contributed by atoms with Crippen LogP contribution in [0.1, 0.15) is 23.5 Å². The second-order valence-electron chi connectivity index (χ2n) is 10.9. The number of aromatic nitrogens is 4. The molecular formula is C33H33IN6O6S. The molecule has 47 heavy (non-hydrogen) atoms. The van der Waals surface area contributed by atoms with E-state index in [0.29, 0.717) is 41.7 Å². The molecule has 5 aromatic rings. The van der Waals surface area contributed by atoms with E-state index >= 15 is 0 Å². The van der Waals surface area contributed by atoms with Gasteiger partial charge in [0, 0.05) is 91.1 Å². The van der Waals surface area contributed by atoms with Gasteiger partial charge in [-0.05, 0) is 49.2 Å². The summed E-state index contributed by atoms with van der Waals surface area (Å²) >= 11 is 2.16. The topological polar surface area (TPSA) is 136 Å². The number of nitrogens with zero attached hydrogens (tertiary/aromatic N) is 5. The van der Waals surface area contributed by atoms with Gasteiger partial charge >= 0.3 is 5.97 Å². The molecule has 3 aromatic heterocycles. The van der Waals surface area contributed by atoms with Crippen LogP contribution in [0.3, 0.4) is 0 Å². The highest BCUT2D eigenvalue weighted by atomic mass is 127. The zero-order chi connectivity index (χ0) is 32.9. The number of nitrogen functional groups attached to an aromatic ring is 1. The van der Waals surface area contributed by atoms with Crippen LogP contribution in [-0.2, 0) is 16.5 Å². The minimum absolute atomic E-state index is 0.0473. The van der Waals surface area contributed by atoms with Crippen LogP contribution in [0.4, 0.5) is 11.4 Å². The van der Waals surface area contributed by atoms with Crippen LogP contribution in [0.15, 0.2) is 78.1 Å². The smallest absolute Gasteiger partial charge is 0.376 e. The van der Waals surface area contributed by atoms with Crippen molar-refractivity contribution in [1.29, 1.82) is 0 Å². The van der Waals surface area contributed by atoms with Crippen molar-refractivity contribution in [3.05, 3.63) is 89.5 Å². The van der Waals surface area contributed by atoms with Crippen LogP contribution in [0.25, 0.3) is 22.0 Å². The Morgan fingerprint density at radius 2 is 1.81 bits per heavy atom. The number of carbonyl (C=O) groups excluding carboxylic acids is 1. The number of esters is 1. The summed E-state index contributed by atoms with van der Waals surface area (Å²) < 4.78 is 26.6. The minimum atomic E-state index is -0.553. The third-order valence-electron chi connectivity index (χ3n) is 7.91. The number of hydrogen-bond acceptors (Lipinski definition) is 11. The Balaban J connectivity index is 1.05. The second kappa shape index (κ2) is 14.6. The summed E-state index contributed by atoms with van der Waals surface area (Å²) in [7, 11) is 4.48. The van der Waals surface area contributed by atoms with Crippen molar-refractivity contribution in [3.8, 4) is 28.4 Å². The van der Waals surface area contributed by atoms with Gasteiger partial charge in [-0.15, -0.1) is 0 Å². The van der Waals surface area contributed by atoms with Crippen molar-refractivity contribution in [2.75, 3.05) is 44.0 Å². The molecule has 2 N–H and O–H groups in total. The summed E-state index contributed by atoms with van der Waals surface area (Å²) in [4.78, 5) is 34.9. The molecule has 244 valence electrons. The maximum atomic E-state index is 13.0. The molecule has 0 saturated carbocycles. The number of pyridine rings is 1. The highest BCUT2D eigenvalue weighted by Crippen LogP contribution is 2.39. The highest BCUT2D eigenvalue weighted by Gasteiger charge is 2.21. The average molecular weight is 769 g/mol. The van der Waals surface area contributed by atoms with Crippen molar-refractivity contribution < 1.29 is 23.7 Å². The number of benzene rings is 2. The fourth-order valence-corrected chi connectivity index (χ4v) is 6.88. The lowest BCUT2D eigenvalue weighted by atomic mass is 10.0. The predicted molar refractivity (Wildman–Crippen MR) is 191 cm³/mol. The number of anilines is 2. The molecule has 0 aliphatic carbocycles. The first kappa shape index (κ1) is 32.7. The van der Waals surface area contributed by atoms with Crippen LogP contribution < -0.4 is 25.7 Å². The first-order valence-electron chi connectivity index (χ1n) is 14.9. The van der Waals surface area contributed by atoms with Crippen molar-refractivity contribution in [2.24, 2.45) is 7.05 Å². The van der Waals surface area contributed by atoms with Gasteiger partial charge in [0.15, 0.2) is 0 Å². The number of fused-ring (bicyclic) bond motifs is 1. The largest absolute Gasteiger partial charge is 0.491 e. The standard InChI is InChI=1S/C33H33IN6O6S/c1-38-20-28(26-10-13-40(47-34)30(26)32(38)41)27-16-21(35)6-7-29(27)46-25-5-3-4-24(17-25)45-15-14-44-23-8-11-39(12-9-23)22-18-36-31(37-19-22)33(42)43-2/h3-7,10,13,16-20,23H,8-9,11-12,14-15,35H2,1-2H3. The van der Waals surface area contributed by atoms with Gasteiger partial charge in [0.25, 0.3) is 5.56 Å². The molecule has 0 atom stereocenters. The summed E-state index contributed by atoms with van der Waals surface area (Å²) in [6.07, 6.45) is 8.83. The number of methoxy groups -OCH3 is 1. The molecule has 0 bridgehead atoms. The molecule has 1 aliphatic rings. The van der Waals surface area contributed by atoms with Crippen LogP contribution in [0.5, 0.6) is 17.2 Å². The molecule has 12 nitrogen and oxygen atoms in total. The van der Waals surface area contributed by atoms with E-state index in [1.165, 1.54) is 16.2 Å². The number of carbonyl (C=O) groups is 1. The van der Waals surface area contributed by atoms with Gasteiger partial charge in [0.05, 0.1) is 37.9 Å². The van der Waals surface area contributed by atoms with E-state index in [2.05, 4.69) is 40.8 Å². The molecule has 0 unspecified atom stereocenters. The third kappa shape index (κ3) is 7.34. The van der Waals surface area contributed by atoms with Gasteiger partial charge in [-0.1, -0.05) is 6.07 Å². The van der Waals surface area contributed by atoms with Crippen LogP contribution >= 0.6 is 30.3 Å². The number of rotatable bonds is 11. The Morgan fingerprint density at radius 1 is 1.04 bits per heavy atom. The highest BCUT2D eigenvalue weighted by molar-refractivity contribution is 14.2. The van der Waals surface area contributed by atoms with Crippen molar-refractivity contribution in [1.82, 2.24) is 18.5 Å². The van der Waals surface area contributed by atoms with E-state index in [1.807, 2.05) is 58.8 Å². The summed E-state index contributed by atoms with van der Waals surface area (Å²) in [6, 6.07) is 14.9. The summed E-state index contributed by atoms with van der Waals surface area (Å²) in [5, 5.41) is 0.818. The Kier molecular flexibility index (Phi) is 10.2. The van der Waals surface area contributed by atoms with Crippen molar-refractivity contribution in [2.45, 2.75) is 18.9 Å². The number of halogens is 1. The molecule has 1 saturated heterocycles. The van der Waals surface area contributed by atoms with E-state index in [1.54, 1.807) is 30.1 Å². The molecule has 2 aromatic carbocycles. The monoisotopic (exact) mass is 768 g/mol. The second-order valence-corrected chi connectivity index (χ2v) is 12.6. The van der Waals surface area contributed by atoms with Gasteiger partial charge in [-0.2, -0.15) is 0 Å². The van der Waals surface area contributed by atoms with Gasteiger partial charge in [-0.3, -0.25) is 8.77 Å². The molecule has 6 rings (SSSR count). The zero-order valence-electron chi connectivity index (χ0n) is 25.8. The van der Waals surface area contributed by atoms with E-state index in [0.717, 1.165) is 48.1 Å². The van der Waals surface area contributed by atoms with E-state index in [4.69, 9.17) is 19.9 Å². The van der Waals surface area contributed by atoms with E-state index < -0.39 is 5.97 Å². The van der Waals surface area contributed by atoms with E-state index in [9.17, 15) is 9.59 Å². The Hall–Kier alpha value is -4.28. The van der Waals surface area contributed by atoms with Gasteiger partial charge in [0.1, 0.15) is 29.4 Å².